The molecule has 0 aromatic rings. The van der Waals surface area contributed by atoms with E-state index >= 15 is 0 Å². The second kappa shape index (κ2) is 10.3. The fourth-order valence-corrected chi connectivity index (χ4v) is 1.81. The van der Waals surface area contributed by atoms with Crippen LogP contribution >= 0.6 is 12.6 Å². The average molecular weight is 232 g/mol. The van der Waals surface area contributed by atoms with E-state index in [9.17, 15) is 4.79 Å². The molecule has 0 saturated heterocycles. The lowest BCUT2D eigenvalue weighted by Gasteiger charge is -2.08. The molecule has 0 aliphatic rings. The Morgan fingerprint density at radius 1 is 1.20 bits per heavy atom. The van der Waals surface area contributed by atoms with Gasteiger partial charge in [0.2, 0.25) is 0 Å². The highest BCUT2D eigenvalue weighted by Gasteiger charge is 2.09. The van der Waals surface area contributed by atoms with E-state index in [0.717, 1.165) is 25.7 Å². The van der Waals surface area contributed by atoms with Crippen LogP contribution in [0.3, 0.4) is 0 Å². The molecule has 0 aliphatic carbocycles. The van der Waals surface area contributed by atoms with Crippen LogP contribution in [0.1, 0.15) is 58.8 Å². The first-order valence-electron chi connectivity index (χ1n) is 6.04. The van der Waals surface area contributed by atoms with Crippen molar-refractivity contribution in [3.8, 4) is 0 Å². The molecule has 0 saturated carbocycles. The summed E-state index contributed by atoms with van der Waals surface area (Å²) in [5.74, 6) is -0.0973. The molecule has 0 aromatic heterocycles. The molecule has 0 amide bonds. The van der Waals surface area contributed by atoms with Gasteiger partial charge >= 0.3 is 5.97 Å². The maximum atomic E-state index is 11.3. The number of carbonyl (C=O) groups is 1. The zero-order valence-electron chi connectivity index (χ0n) is 10.00. The van der Waals surface area contributed by atoms with Gasteiger partial charge in [0.25, 0.3) is 0 Å². The summed E-state index contributed by atoms with van der Waals surface area (Å²) >= 11 is 4.33. The van der Waals surface area contributed by atoms with Gasteiger partial charge in [-0.1, -0.05) is 39.5 Å². The minimum absolute atomic E-state index is 0.0973. The molecule has 1 atom stereocenters. The first kappa shape index (κ1) is 14.8. The summed E-state index contributed by atoms with van der Waals surface area (Å²) in [5.41, 5.74) is 0. The van der Waals surface area contributed by atoms with Crippen LogP contribution in [0.4, 0.5) is 0 Å². The quantitative estimate of drug-likeness (QED) is 0.373. The number of ether oxygens (including phenoxy) is 1. The topological polar surface area (TPSA) is 26.3 Å². The second-order valence-electron chi connectivity index (χ2n) is 3.93. The Morgan fingerprint density at radius 2 is 1.93 bits per heavy atom. The summed E-state index contributed by atoms with van der Waals surface area (Å²) < 4.78 is 5.12. The van der Waals surface area contributed by atoms with Gasteiger partial charge in [-0.2, -0.15) is 12.6 Å². The largest absolute Gasteiger partial charge is 0.466 e. The van der Waals surface area contributed by atoms with Crippen LogP contribution in [0.25, 0.3) is 0 Å². The number of hydrogen-bond donors (Lipinski definition) is 1. The first-order valence-corrected chi connectivity index (χ1v) is 6.56. The van der Waals surface area contributed by atoms with E-state index in [2.05, 4.69) is 26.5 Å². The summed E-state index contributed by atoms with van der Waals surface area (Å²) in [5, 5.41) is 0.165. The third-order valence-corrected chi connectivity index (χ3v) is 2.73. The molecule has 0 bridgehead atoms. The highest BCUT2D eigenvalue weighted by atomic mass is 32.1. The molecule has 3 heteroatoms. The van der Waals surface area contributed by atoms with Crippen molar-refractivity contribution in [1.29, 1.82) is 0 Å². The second-order valence-corrected chi connectivity index (χ2v) is 4.66. The minimum atomic E-state index is -0.0973. The Morgan fingerprint density at radius 3 is 2.53 bits per heavy atom. The molecule has 0 spiro atoms. The van der Waals surface area contributed by atoms with Crippen molar-refractivity contribution in [3.05, 3.63) is 0 Å². The van der Waals surface area contributed by atoms with Crippen LogP contribution in [0.5, 0.6) is 0 Å². The average Bonchev–Trinajstić information content (AvgIpc) is 2.17. The van der Waals surface area contributed by atoms with Crippen molar-refractivity contribution in [2.24, 2.45) is 0 Å². The molecule has 0 aromatic carbocycles. The van der Waals surface area contributed by atoms with Crippen molar-refractivity contribution in [1.82, 2.24) is 0 Å². The third-order valence-electron chi connectivity index (χ3n) is 2.29. The van der Waals surface area contributed by atoms with Crippen molar-refractivity contribution < 1.29 is 9.53 Å². The molecular weight excluding hydrogens is 208 g/mol. The highest BCUT2D eigenvalue weighted by Crippen LogP contribution is 2.10. The molecule has 0 aliphatic heterocycles. The Balaban J connectivity index is 3.32. The van der Waals surface area contributed by atoms with Crippen molar-refractivity contribution in [2.75, 3.05) is 6.61 Å². The Bertz CT molecular complexity index is 160. The number of carbonyl (C=O) groups excluding carboxylic acids is 1. The lowest BCUT2D eigenvalue weighted by atomic mass is 10.2. The molecule has 2 nitrogen and oxygen atoms in total. The van der Waals surface area contributed by atoms with Gasteiger partial charge < -0.3 is 4.74 Å². The van der Waals surface area contributed by atoms with Crippen LogP contribution in [-0.2, 0) is 9.53 Å². The van der Waals surface area contributed by atoms with E-state index in [1.54, 1.807) is 0 Å². The van der Waals surface area contributed by atoms with Crippen LogP contribution in [0.2, 0.25) is 0 Å². The summed E-state index contributed by atoms with van der Waals surface area (Å²) in [4.78, 5) is 11.3. The summed E-state index contributed by atoms with van der Waals surface area (Å²) in [6.45, 7) is 4.84. The number of rotatable bonds is 9. The minimum Gasteiger partial charge on any atom is -0.466 e. The predicted octanol–water partition coefficient (Wildman–Crippen LogP) is 3.60. The predicted molar refractivity (Wildman–Crippen MR) is 67.4 cm³/mol. The summed E-state index contributed by atoms with van der Waals surface area (Å²) in [6, 6.07) is 0. The van der Waals surface area contributed by atoms with Crippen molar-refractivity contribution in [2.45, 2.75) is 64.0 Å². The van der Waals surface area contributed by atoms with Crippen LogP contribution in [-0.4, -0.2) is 17.8 Å². The maximum Gasteiger partial charge on any atom is 0.306 e. The van der Waals surface area contributed by atoms with Gasteiger partial charge in [-0.05, 0) is 12.8 Å². The number of esters is 1. The smallest absolute Gasteiger partial charge is 0.306 e. The number of unbranched alkanes of at least 4 members (excludes halogenated alkanes) is 3. The monoisotopic (exact) mass is 232 g/mol. The van der Waals surface area contributed by atoms with Crippen molar-refractivity contribution in [3.63, 3.8) is 0 Å². The van der Waals surface area contributed by atoms with Gasteiger partial charge in [-0.15, -0.1) is 0 Å². The molecule has 0 heterocycles. The molecule has 0 rings (SSSR count). The Hall–Kier alpha value is -0.180. The van der Waals surface area contributed by atoms with Crippen molar-refractivity contribution >= 4 is 18.6 Å². The van der Waals surface area contributed by atoms with Gasteiger partial charge in [0.1, 0.15) is 0 Å². The van der Waals surface area contributed by atoms with E-state index < -0.39 is 0 Å². The van der Waals surface area contributed by atoms with Gasteiger partial charge in [0.15, 0.2) is 0 Å². The lowest BCUT2D eigenvalue weighted by Crippen LogP contribution is -2.12. The highest BCUT2D eigenvalue weighted by molar-refractivity contribution is 7.81. The molecule has 15 heavy (non-hydrogen) atoms. The van der Waals surface area contributed by atoms with E-state index in [1.807, 2.05) is 0 Å². The number of hydrogen-bond acceptors (Lipinski definition) is 3. The van der Waals surface area contributed by atoms with E-state index in [1.165, 1.54) is 12.8 Å². The van der Waals surface area contributed by atoms with Gasteiger partial charge in [0.05, 0.1) is 13.0 Å². The lowest BCUT2D eigenvalue weighted by molar-refractivity contribution is -0.143. The number of thiol groups is 1. The fourth-order valence-electron chi connectivity index (χ4n) is 1.40. The van der Waals surface area contributed by atoms with E-state index in [0.29, 0.717) is 13.0 Å². The molecule has 90 valence electrons. The zero-order chi connectivity index (χ0) is 11.5. The molecule has 1 unspecified atom stereocenters. The van der Waals surface area contributed by atoms with Crippen LogP contribution in [0, 0.1) is 0 Å². The summed E-state index contributed by atoms with van der Waals surface area (Å²) in [7, 11) is 0. The SMILES string of the molecule is CCCCCCOC(=O)CC(S)CCC. The van der Waals surface area contributed by atoms with E-state index in [4.69, 9.17) is 4.74 Å². The van der Waals surface area contributed by atoms with Crippen LogP contribution in [0.15, 0.2) is 0 Å². The normalized spacial score (nSPS) is 12.5. The molecule has 0 radical (unpaired) electrons. The Labute approximate surface area is 99.2 Å². The molecule has 0 N–H and O–H groups in total. The molecule has 0 fully saturated rings. The van der Waals surface area contributed by atoms with Gasteiger partial charge in [-0.3, -0.25) is 4.79 Å². The standard InChI is InChI=1S/C12H24O2S/c1-3-5-6-7-9-14-12(13)10-11(15)8-4-2/h11,15H,3-10H2,1-2H3. The third kappa shape index (κ3) is 10.1. The van der Waals surface area contributed by atoms with E-state index in [-0.39, 0.29) is 11.2 Å². The van der Waals surface area contributed by atoms with Gasteiger partial charge in [0, 0.05) is 5.25 Å². The molecular formula is C12H24O2S. The Kier molecular flexibility index (Phi) is 10.2. The van der Waals surface area contributed by atoms with Gasteiger partial charge in [-0.25, -0.2) is 0 Å². The first-order chi connectivity index (χ1) is 7.20. The maximum absolute atomic E-state index is 11.3. The zero-order valence-corrected chi connectivity index (χ0v) is 10.9. The van der Waals surface area contributed by atoms with Crippen LogP contribution < -0.4 is 0 Å². The fraction of sp³-hybridized carbons (Fsp3) is 0.917. The summed E-state index contributed by atoms with van der Waals surface area (Å²) in [6.07, 6.45) is 7.08.